The summed E-state index contributed by atoms with van der Waals surface area (Å²) in [4.78, 5) is 0.266. The number of rotatable bonds is 3. The summed E-state index contributed by atoms with van der Waals surface area (Å²) in [5, 5.41) is 0. The van der Waals surface area contributed by atoms with Crippen molar-refractivity contribution in [2.45, 2.75) is 17.1 Å². The van der Waals surface area contributed by atoms with Crippen LogP contribution in [0.1, 0.15) is 12.0 Å². The molecule has 2 aliphatic rings. The van der Waals surface area contributed by atoms with Gasteiger partial charge in [0.1, 0.15) is 0 Å². The molecule has 20 heavy (non-hydrogen) atoms. The van der Waals surface area contributed by atoms with Crippen LogP contribution in [0.2, 0.25) is 0 Å². The molecule has 0 radical (unpaired) electrons. The molecule has 0 unspecified atom stereocenters. The van der Waals surface area contributed by atoms with Gasteiger partial charge in [-0.3, -0.25) is 0 Å². The van der Waals surface area contributed by atoms with Crippen molar-refractivity contribution in [3.63, 3.8) is 0 Å². The summed E-state index contributed by atoms with van der Waals surface area (Å²) in [5.74, 6) is -0.545. The molecule has 110 valence electrons. The van der Waals surface area contributed by atoms with Crippen molar-refractivity contribution in [3.05, 3.63) is 29.8 Å². The number of fused-ring (bicyclic) bond motifs is 2. The molecule has 0 saturated carbocycles. The van der Waals surface area contributed by atoms with Crippen LogP contribution >= 0.6 is 11.6 Å². The third-order valence-electron chi connectivity index (χ3n) is 3.59. The van der Waals surface area contributed by atoms with E-state index >= 15 is 0 Å². The second-order valence-corrected chi connectivity index (χ2v) is 7.11. The van der Waals surface area contributed by atoms with Crippen LogP contribution in [0.25, 0.3) is 0 Å². The molecule has 7 heteroatoms. The van der Waals surface area contributed by atoms with Crippen LogP contribution < -0.4 is 0 Å². The normalized spacial score (nSPS) is 23.9. The zero-order valence-corrected chi connectivity index (χ0v) is 12.5. The third-order valence-corrected chi connectivity index (χ3v) is 5.77. The van der Waals surface area contributed by atoms with Crippen LogP contribution in [0.4, 0.5) is 0 Å². The number of hydrogen-bond donors (Lipinski definition) is 0. The van der Waals surface area contributed by atoms with E-state index in [0.717, 1.165) is 0 Å². The van der Waals surface area contributed by atoms with Crippen LogP contribution in [0.5, 0.6) is 0 Å². The molecule has 0 atom stereocenters. The Balaban J connectivity index is 2.09. The standard InChI is InChI=1S/C13H16ClNO4S/c14-6-3-7-15-10-13(18-8-9-19-13)11-4-1-2-5-12(11)20(15,16)17/h1-2,4-5H,3,6-10H2. The highest BCUT2D eigenvalue weighted by molar-refractivity contribution is 7.89. The average molecular weight is 318 g/mol. The molecule has 0 aromatic heterocycles. The van der Waals surface area contributed by atoms with Gasteiger partial charge in [0, 0.05) is 18.0 Å². The molecule has 1 aromatic rings. The monoisotopic (exact) mass is 317 g/mol. The summed E-state index contributed by atoms with van der Waals surface area (Å²) < 4.78 is 38.1. The molecule has 5 nitrogen and oxygen atoms in total. The number of halogens is 1. The number of nitrogens with zero attached hydrogens (tertiary/aromatic N) is 1. The lowest BCUT2D eigenvalue weighted by molar-refractivity contribution is -0.176. The minimum absolute atomic E-state index is 0.184. The van der Waals surface area contributed by atoms with Gasteiger partial charge in [0.15, 0.2) is 0 Å². The lowest BCUT2D eigenvalue weighted by Gasteiger charge is -2.39. The number of sulfonamides is 1. The topological polar surface area (TPSA) is 55.8 Å². The first-order valence-corrected chi connectivity index (χ1v) is 8.51. The fourth-order valence-electron chi connectivity index (χ4n) is 2.68. The number of benzene rings is 1. The average Bonchev–Trinajstić information content (AvgIpc) is 2.92. The Morgan fingerprint density at radius 3 is 2.65 bits per heavy atom. The molecular weight excluding hydrogens is 302 g/mol. The molecular formula is C13H16ClNO4S. The van der Waals surface area contributed by atoms with Crippen molar-refractivity contribution in [1.82, 2.24) is 4.31 Å². The van der Waals surface area contributed by atoms with Gasteiger partial charge in [0.2, 0.25) is 15.8 Å². The van der Waals surface area contributed by atoms with E-state index in [9.17, 15) is 8.42 Å². The van der Waals surface area contributed by atoms with E-state index in [1.165, 1.54) is 4.31 Å². The van der Waals surface area contributed by atoms with E-state index in [2.05, 4.69) is 0 Å². The third kappa shape index (κ3) is 2.16. The summed E-state index contributed by atoms with van der Waals surface area (Å²) in [5.41, 5.74) is 0.597. The van der Waals surface area contributed by atoms with E-state index in [1.54, 1.807) is 24.3 Å². The number of alkyl halides is 1. The van der Waals surface area contributed by atoms with Crippen LogP contribution in [-0.2, 0) is 25.3 Å². The fourth-order valence-corrected chi connectivity index (χ4v) is 4.54. The number of ether oxygens (including phenoxy) is 2. The predicted octanol–water partition coefficient (Wildman–Crippen LogP) is 1.52. The van der Waals surface area contributed by atoms with Crippen LogP contribution in [0, 0.1) is 0 Å². The van der Waals surface area contributed by atoms with Gasteiger partial charge in [0.05, 0.1) is 24.7 Å². The summed E-state index contributed by atoms with van der Waals surface area (Å²) >= 11 is 5.68. The summed E-state index contributed by atoms with van der Waals surface area (Å²) in [6.45, 7) is 1.49. The highest BCUT2D eigenvalue weighted by Crippen LogP contribution is 2.41. The Bertz CT molecular complexity index is 598. The largest absolute Gasteiger partial charge is 0.342 e. The van der Waals surface area contributed by atoms with Crippen molar-refractivity contribution in [1.29, 1.82) is 0 Å². The molecule has 1 spiro atoms. The molecule has 0 aliphatic carbocycles. The van der Waals surface area contributed by atoms with E-state index in [0.29, 0.717) is 37.6 Å². The van der Waals surface area contributed by atoms with Crippen molar-refractivity contribution in [2.24, 2.45) is 0 Å². The first-order chi connectivity index (χ1) is 9.60. The van der Waals surface area contributed by atoms with Crippen LogP contribution in [-0.4, -0.2) is 44.9 Å². The summed E-state index contributed by atoms with van der Waals surface area (Å²) in [7, 11) is -3.50. The van der Waals surface area contributed by atoms with E-state index in [1.807, 2.05) is 0 Å². The van der Waals surface area contributed by atoms with Gasteiger partial charge >= 0.3 is 0 Å². The molecule has 1 aromatic carbocycles. The molecule has 1 fully saturated rings. The van der Waals surface area contributed by atoms with E-state index < -0.39 is 15.8 Å². The quantitative estimate of drug-likeness (QED) is 0.793. The molecule has 0 N–H and O–H groups in total. The number of hydrogen-bond acceptors (Lipinski definition) is 4. The molecule has 2 aliphatic heterocycles. The van der Waals surface area contributed by atoms with Crippen molar-refractivity contribution in [2.75, 3.05) is 32.2 Å². The van der Waals surface area contributed by atoms with Crippen molar-refractivity contribution in [3.8, 4) is 0 Å². The van der Waals surface area contributed by atoms with Crippen molar-refractivity contribution < 1.29 is 17.9 Å². The lowest BCUT2D eigenvalue weighted by atomic mass is 10.1. The Morgan fingerprint density at radius 2 is 1.95 bits per heavy atom. The molecule has 0 bridgehead atoms. The van der Waals surface area contributed by atoms with Crippen molar-refractivity contribution >= 4 is 21.6 Å². The molecule has 1 saturated heterocycles. The minimum Gasteiger partial charge on any atom is -0.342 e. The Labute approximate surface area is 123 Å². The lowest BCUT2D eigenvalue weighted by Crippen LogP contribution is -2.50. The highest BCUT2D eigenvalue weighted by Gasteiger charge is 2.50. The van der Waals surface area contributed by atoms with Crippen LogP contribution in [0.3, 0.4) is 0 Å². The predicted molar refractivity (Wildman–Crippen MR) is 74.1 cm³/mol. The summed E-state index contributed by atoms with van der Waals surface area (Å²) in [6, 6.07) is 6.88. The zero-order chi connectivity index (χ0) is 14.2. The van der Waals surface area contributed by atoms with Gasteiger partial charge in [-0.1, -0.05) is 18.2 Å². The Kier molecular flexibility index (Phi) is 3.77. The van der Waals surface area contributed by atoms with Gasteiger partial charge in [-0.25, -0.2) is 8.42 Å². The van der Waals surface area contributed by atoms with Gasteiger partial charge in [-0.05, 0) is 12.5 Å². The second-order valence-electron chi connectivity index (χ2n) is 4.83. The highest BCUT2D eigenvalue weighted by atomic mass is 35.5. The first kappa shape index (κ1) is 14.3. The summed E-state index contributed by atoms with van der Waals surface area (Å²) in [6.07, 6.45) is 0.596. The maximum atomic E-state index is 12.6. The second kappa shape index (κ2) is 5.27. The molecule has 0 amide bonds. The Hall–Kier alpha value is -0.660. The minimum atomic E-state index is -3.50. The van der Waals surface area contributed by atoms with Gasteiger partial charge in [0.25, 0.3) is 0 Å². The van der Waals surface area contributed by atoms with Gasteiger partial charge in [-0.15, -0.1) is 11.6 Å². The van der Waals surface area contributed by atoms with E-state index in [4.69, 9.17) is 21.1 Å². The SMILES string of the molecule is O=S1(=O)c2ccccc2C2(CN1CCCCl)OCCO2. The van der Waals surface area contributed by atoms with Gasteiger partial charge in [-0.2, -0.15) is 4.31 Å². The van der Waals surface area contributed by atoms with Crippen LogP contribution in [0.15, 0.2) is 29.2 Å². The molecule has 2 heterocycles. The maximum Gasteiger partial charge on any atom is 0.243 e. The van der Waals surface area contributed by atoms with Gasteiger partial charge < -0.3 is 9.47 Å². The Morgan fingerprint density at radius 1 is 1.25 bits per heavy atom. The smallest absolute Gasteiger partial charge is 0.243 e. The maximum absolute atomic E-state index is 12.6. The fraction of sp³-hybridized carbons (Fsp3) is 0.538. The van der Waals surface area contributed by atoms with E-state index in [-0.39, 0.29) is 11.4 Å². The molecule has 3 rings (SSSR count). The zero-order valence-electron chi connectivity index (χ0n) is 10.9. The first-order valence-electron chi connectivity index (χ1n) is 6.54.